The first-order chi connectivity index (χ1) is 9.66. The van der Waals surface area contributed by atoms with Crippen molar-refractivity contribution in [2.24, 2.45) is 5.73 Å². The van der Waals surface area contributed by atoms with Gasteiger partial charge in [-0.3, -0.25) is 0 Å². The van der Waals surface area contributed by atoms with Gasteiger partial charge in [0, 0.05) is 11.5 Å². The van der Waals surface area contributed by atoms with Gasteiger partial charge >= 0.3 is 11.9 Å². The van der Waals surface area contributed by atoms with Crippen LogP contribution in [0.1, 0.15) is 37.5 Å². The van der Waals surface area contributed by atoms with Gasteiger partial charge in [-0.1, -0.05) is 18.2 Å². The van der Waals surface area contributed by atoms with E-state index in [2.05, 4.69) is 0 Å². The Morgan fingerprint density at radius 1 is 1.29 bits per heavy atom. The van der Waals surface area contributed by atoms with E-state index >= 15 is 0 Å². The number of rotatable bonds is 3. The predicted octanol–water partition coefficient (Wildman–Crippen LogP) is 2.01. The van der Waals surface area contributed by atoms with Gasteiger partial charge in [-0.15, -0.1) is 0 Å². The number of hydrogen-bond acceptors (Lipinski definition) is 5. The number of carboxylic acids is 1. The number of thioether (sulfide) groups is 1. The lowest BCUT2D eigenvalue weighted by atomic mass is 9.86. The highest BCUT2D eigenvalue weighted by atomic mass is 32.2. The Hall–Kier alpha value is -1.53. The Morgan fingerprint density at radius 2 is 1.95 bits per heavy atom. The first-order valence-corrected chi connectivity index (χ1v) is 7.76. The van der Waals surface area contributed by atoms with E-state index in [9.17, 15) is 14.7 Å². The maximum Gasteiger partial charge on any atom is 0.343 e. The van der Waals surface area contributed by atoms with Crippen LogP contribution in [0.15, 0.2) is 18.2 Å². The highest BCUT2D eigenvalue weighted by Gasteiger charge is 2.49. The number of benzene rings is 1. The molecule has 0 aliphatic carbocycles. The lowest BCUT2D eigenvalue weighted by Gasteiger charge is -2.29. The number of aliphatic carboxylic acids is 1. The minimum atomic E-state index is -2.18. The SMILES string of the molecule is CC(C)(C)OC(=O)C(N)(C(=O)O)c1cccc2c1CSC2. The van der Waals surface area contributed by atoms with Crippen molar-refractivity contribution in [3.63, 3.8) is 0 Å². The van der Waals surface area contributed by atoms with E-state index in [1.807, 2.05) is 6.07 Å². The van der Waals surface area contributed by atoms with Crippen LogP contribution in [0.4, 0.5) is 0 Å². The minimum Gasteiger partial charge on any atom is -0.479 e. The normalized spacial score (nSPS) is 17.0. The van der Waals surface area contributed by atoms with Gasteiger partial charge in [0.15, 0.2) is 0 Å². The molecule has 0 amide bonds. The molecule has 1 aliphatic rings. The fourth-order valence-corrected chi connectivity index (χ4v) is 3.38. The van der Waals surface area contributed by atoms with E-state index in [4.69, 9.17) is 10.5 Å². The zero-order chi connectivity index (χ0) is 15.8. The largest absolute Gasteiger partial charge is 0.479 e. The van der Waals surface area contributed by atoms with E-state index in [1.54, 1.807) is 44.7 Å². The summed E-state index contributed by atoms with van der Waals surface area (Å²) in [6, 6.07) is 5.26. The Labute approximate surface area is 127 Å². The molecule has 1 unspecified atom stereocenters. The van der Waals surface area contributed by atoms with E-state index in [-0.39, 0.29) is 0 Å². The maximum absolute atomic E-state index is 12.4. The number of fused-ring (bicyclic) bond motifs is 1. The first kappa shape index (κ1) is 15.9. The van der Waals surface area contributed by atoms with Crippen LogP contribution in [-0.2, 0) is 31.4 Å². The van der Waals surface area contributed by atoms with Crippen LogP contribution in [0.2, 0.25) is 0 Å². The van der Waals surface area contributed by atoms with Gasteiger partial charge in [0.2, 0.25) is 5.54 Å². The molecule has 6 heteroatoms. The molecule has 1 heterocycles. The third-order valence-electron chi connectivity index (χ3n) is 3.26. The number of carboxylic acid groups (broad SMARTS) is 1. The van der Waals surface area contributed by atoms with Crippen molar-refractivity contribution in [2.45, 2.75) is 43.4 Å². The quantitative estimate of drug-likeness (QED) is 0.656. The van der Waals surface area contributed by atoms with Crippen LogP contribution in [0.5, 0.6) is 0 Å². The number of carbonyl (C=O) groups is 2. The molecule has 3 N–H and O–H groups in total. The average Bonchev–Trinajstić information content (AvgIpc) is 2.83. The molecule has 0 saturated heterocycles. The predicted molar refractivity (Wildman–Crippen MR) is 80.8 cm³/mol. The number of ether oxygens (including phenoxy) is 1. The van der Waals surface area contributed by atoms with Crippen LogP contribution in [-0.4, -0.2) is 22.6 Å². The lowest BCUT2D eigenvalue weighted by molar-refractivity contribution is -0.169. The second-order valence-corrected chi connectivity index (χ2v) is 7.04. The standard InChI is InChI=1S/C15H19NO4S/c1-14(2,3)20-13(19)15(16,12(17)18)11-6-4-5-9-7-21-8-10(9)11/h4-6H,7-8,16H2,1-3H3,(H,17,18). The molecule has 0 aromatic heterocycles. The molecule has 2 rings (SSSR count). The van der Waals surface area contributed by atoms with E-state index in [0.717, 1.165) is 16.9 Å². The topological polar surface area (TPSA) is 89.6 Å². The molecule has 0 radical (unpaired) electrons. The molecule has 5 nitrogen and oxygen atoms in total. The number of hydrogen-bond donors (Lipinski definition) is 2. The lowest BCUT2D eigenvalue weighted by Crippen LogP contribution is -2.54. The van der Waals surface area contributed by atoms with Gasteiger partial charge in [-0.25, -0.2) is 9.59 Å². The summed E-state index contributed by atoms with van der Waals surface area (Å²) >= 11 is 1.67. The number of nitrogens with two attached hydrogens (primary N) is 1. The van der Waals surface area contributed by atoms with Gasteiger partial charge in [-0.2, -0.15) is 11.8 Å². The molecular weight excluding hydrogens is 290 g/mol. The van der Waals surface area contributed by atoms with Crippen LogP contribution in [0, 0.1) is 0 Å². The zero-order valence-corrected chi connectivity index (χ0v) is 13.1. The summed E-state index contributed by atoms with van der Waals surface area (Å²) in [6.07, 6.45) is 0. The van der Waals surface area contributed by atoms with Crippen LogP contribution in [0.25, 0.3) is 0 Å². The second-order valence-electron chi connectivity index (χ2n) is 6.05. The highest BCUT2D eigenvalue weighted by molar-refractivity contribution is 7.98. The van der Waals surface area contributed by atoms with Crippen molar-refractivity contribution < 1.29 is 19.4 Å². The first-order valence-electron chi connectivity index (χ1n) is 6.61. The van der Waals surface area contributed by atoms with Crippen LogP contribution >= 0.6 is 11.8 Å². The Kier molecular flexibility index (Phi) is 4.04. The Balaban J connectivity index is 2.51. The average molecular weight is 309 g/mol. The van der Waals surface area contributed by atoms with Gasteiger partial charge in [0.05, 0.1) is 0 Å². The summed E-state index contributed by atoms with van der Waals surface area (Å²) in [5.74, 6) is -0.886. The van der Waals surface area contributed by atoms with Crippen molar-refractivity contribution in [3.05, 3.63) is 34.9 Å². The molecule has 1 aromatic carbocycles. The highest BCUT2D eigenvalue weighted by Crippen LogP contribution is 2.37. The Morgan fingerprint density at radius 3 is 2.52 bits per heavy atom. The minimum absolute atomic E-state index is 0.326. The second kappa shape index (κ2) is 5.35. The van der Waals surface area contributed by atoms with Crippen molar-refractivity contribution in [1.29, 1.82) is 0 Å². The van der Waals surface area contributed by atoms with Crippen molar-refractivity contribution in [2.75, 3.05) is 0 Å². The smallest absolute Gasteiger partial charge is 0.343 e. The molecule has 1 aliphatic heterocycles. The summed E-state index contributed by atoms with van der Waals surface area (Å²) in [6.45, 7) is 5.04. The van der Waals surface area contributed by atoms with Crippen LogP contribution in [0.3, 0.4) is 0 Å². The number of carbonyl (C=O) groups excluding carboxylic acids is 1. The maximum atomic E-state index is 12.4. The summed E-state index contributed by atoms with van der Waals surface area (Å²) in [5, 5.41) is 9.55. The molecule has 1 aromatic rings. The van der Waals surface area contributed by atoms with Gasteiger partial charge < -0.3 is 15.6 Å². The molecule has 21 heavy (non-hydrogen) atoms. The molecule has 0 fully saturated rings. The van der Waals surface area contributed by atoms with Crippen LogP contribution < -0.4 is 5.73 Å². The molecule has 114 valence electrons. The third-order valence-corrected chi connectivity index (χ3v) is 4.27. The number of esters is 1. The van der Waals surface area contributed by atoms with Crippen molar-refractivity contribution in [3.8, 4) is 0 Å². The zero-order valence-electron chi connectivity index (χ0n) is 12.3. The molecule has 0 spiro atoms. The fourth-order valence-electron chi connectivity index (χ4n) is 2.24. The van der Waals surface area contributed by atoms with E-state index in [1.165, 1.54) is 0 Å². The molecule has 0 saturated carbocycles. The van der Waals surface area contributed by atoms with Gasteiger partial charge in [-0.05, 0) is 37.5 Å². The van der Waals surface area contributed by atoms with Crippen molar-refractivity contribution >= 4 is 23.7 Å². The molecule has 1 atom stereocenters. The summed E-state index contributed by atoms with van der Waals surface area (Å²) in [5.41, 5.74) is 5.21. The molecular formula is C15H19NO4S. The monoisotopic (exact) mass is 309 g/mol. The fraction of sp³-hybridized carbons (Fsp3) is 0.467. The van der Waals surface area contributed by atoms with E-state index in [0.29, 0.717) is 11.3 Å². The van der Waals surface area contributed by atoms with E-state index < -0.39 is 23.1 Å². The Bertz CT molecular complexity index is 594. The van der Waals surface area contributed by atoms with Gasteiger partial charge in [0.1, 0.15) is 5.60 Å². The summed E-state index contributed by atoms with van der Waals surface area (Å²) < 4.78 is 5.23. The van der Waals surface area contributed by atoms with Gasteiger partial charge in [0.25, 0.3) is 0 Å². The molecule has 0 bridgehead atoms. The third kappa shape index (κ3) is 2.91. The van der Waals surface area contributed by atoms with Crippen molar-refractivity contribution in [1.82, 2.24) is 0 Å². The summed E-state index contributed by atoms with van der Waals surface area (Å²) in [4.78, 5) is 24.1. The summed E-state index contributed by atoms with van der Waals surface area (Å²) in [7, 11) is 0.